The molecule has 5 aliphatic carbocycles. The number of rotatable bonds is 12. The van der Waals surface area contributed by atoms with E-state index in [0.717, 1.165) is 0 Å². The zero-order chi connectivity index (χ0) is 52.7. The van der Waals surface area contributed by atoms with Crippen LogP contribution in [-0.2, 0) is 52.5 Å². The molecule has 0 unspecified atom stereocenters. The summed E-state index contributed by atoms with van der Waals surface area (Å²) in [6, 6.07) is 0. The van der Waals surface area contributed by atoms with Gasteiger partial charge in [0.1, 0.15) is 67.1 Å². The number of carboxylic acid groups (broad SMARTS) is 1. The summed E-state index contributed by atoms with van der Waals surface area (Å²) in [4.78, 5) is 12.7. The van der Waals surface area contributed by atoms with Gasteiger partial charge in [-0.3, -0.25) is 9.35 Å². The highest BCUT2D eigenvalue weighted by molar-refractivity contribution is 7.80. The van der Waals surface area contributed by atoms with E-state index in [9.17, 15) is 73.9 Å². The van der Waals surface area contributed by atoms with Crippen molar-refractivity contribution >= 4 is 16.4 Å². The van der Waals surface area contributed by atoms with Crippen LogP contribution in [0.4, 0.5) is 0 Å². The van der Waals surface area contributed by atoms with Gasteiger partial charge in [-0.05, 0) is 87.9 Å². The SMILES string of the molecule is C[C@H]1O[C@@H](O[C@H]2CC[C@@]3(C)[C@@H](CC[C@]4(C)[C@@H]3C=C[C@]35OC[C@@]6(CC[C@](C)(C(=O)O)C[C@H]63)[C@@H](O)C[C@]54C)[C@]2(C)CO)[C@H](O[C@@H]2O[C@H](CO)[C@@H](O)[C@H](O)[C@H]2O)[C@@H](O[C@@H]2O[C@H](CO)[C@@H](OS(=O)(=O)O)[C@H](O)[C@H]2O)[C@H]1O. The molecule has 1 spiro atoms. The lowest BCUT2D eigenvalue weighted by Crippen LogP contribution is -2.73. The van der Waals surface area contributed by atoms with Gasteiger partial charge in [0.2, 0.25) is 0 Å². The minimum Gasteiger partial charge on any atom is -0.481 e. The first-order valence-corrected chi connectivity index (χ1v) is 26.7. The average Bonchev–Trinajstić information content (AvgIpc) is 3.60. The molecule has 8 fully saturated rings. The molecule has 0 aromatic carbocycles. The van der Waals surface area contributed by atoms with Crippen LogP contribution in [0.2, 0.25) is 0 Å². The number of ether oxygens (including phenoxy) is 7. The molecule has 4 aliphatic heterocycles. The third-order valence-electron chi connectivity index (χ3n) is 20.5. The largest absolute Gasteiger partial charge is 0.481 e. The van der Waals surface area contributed by atoms with Crippen LogP contribution in [0.5, 0.6) is 0 Å². The number of carboxylic acids is 1. The third-order valence-corrected chi connectivity index (χ3v) is 21.0. The fourth-order valence-electron chi connectivity index (χ4n) is 16.0. The Balaban J connectivity index is 1.03. The molecule has 9 aliphatic rings. The Hall–Kier alpha value is -1.60. The van der Waals surface area contributed by atoms with Crippen LogP contribution < -0.4 is 0 Å². The van der Waals surface area contributed by atoms with Crippen molar-refractivity contribution in [2.75, 3.05) is 26.4 Å². The summed E-state index contributed by atoms with van der Waals surface area (Å²) in [6.45, 7) is 9.99. The zero-order valence-electron chi connectivity index (χ0n) is 41.5. The second kappa shape index (κ2) is 18.8. The van der Waals surface area contributed by atoms with E-state index in [2.05, 4.69) is 37.1 Å². The van der Waals surface area contributed by atoms with Crippen molar-refractivity contribution in [3.05, 3.63) is 12.2 Å². The fourth-order valence-corrected chi connectivity index (χ4v) is 16.6. The molecule has 0 aromatic rings. The molecule has 0 amide bonds. The highest BCUT2D eigenvalue weighted by Crippen LogP contribution is 2.79. The van der Waals surface area contributed by atoms with Crippen molar-refractivity contribution in [3.8, 4) is 0 Å². The molecular formula is C48H76O23S. The number of carbonyl (C=O) groups is 1. The van der Waals surface area contributed by atoms with Crippen molar-refractivity contribution in [2.24, 2.45) is 50.2 Å². The lowest BCUT2D eigenvalue weighted by atomic mass is 9.32. The Morgan fingerprint density at radius 1 is 0.694 bits per heavy atom. The van der Waals surface area contributed by atoms with Crippen LogP contribution in [0.3, 0.4) is 0 Å². The molecular weight excluding hydrogens is 977 g/mol. The van der Waals surface area contributed by atoms with Gasteiger partial charge < -0.3 is 89.3 Å². The first kappa shape index (κ1) is 55.2. The molecule has 412 valence electrons. The molecule has 4 saturated heterocycles. The third kappa shape index (κ3) is 8.06. The molecule has 23 nitrogen and oxygen atoms in total. The van der Waals surface area contributed by atoms with E-state index in [4.69, 9.17) is 33.2 Å². The van der Waals surface area contributed by atoms with Crippen LogP contribution in [0.25, 0.3) is 0 Å². The predicted molar refractivity (Wildman–Crippen MR) is 242 cm³/mol. The van der Waals surface area contributed by atoms with E-state index >= 15 is 0 Å². The molecule has 12 N–H and O–H groups in total. The summed E-state index contributed by atoms with van der Waals surface area (Å²) in [5.41, 5.74) is -4.96. The first-order valence-electron chi connectivity index (χ1n) is 25.3. The molecule has 24 heteroatoms. The smallest absolute Gasteiger partial charge is 0.397 e. The van der Waals surface area contributed by atoms with Crippen LogP contribution >= 0.6 is 0 Å². The molecule has 0 radical (unpaired) electrons. The Bertz CT molecular complexity index is 2170. The van der Waals surface area contributed by atoms with Crippen molar-refractivity contribution in [1.82, 2.24) is 0 Å². The summed E-state index contributed by atoms with van der Waals surface area (Å²) < 4.78 is 81.1. The maximum Gasteiger partial charge on any atom is 0.397 e. The first-order chi connectivity index (χ1) is 33.5. The molecule has 4 saturated carbocycles. The number of hydrogen-bond acceptors (Lipinski definition) is 21. The van der Waals surface area contributed by atoms with Crippen molar-refractivity contribution in [3.63, 3.8) is 0 Å². The van der Waals surface area contributed by atoms with E-state index in [-0.39, 0.29) is 24.4 Å². The molecule has 9 rings (SSSR count). The lowest BCUT2D eigenvalue weighted by Gasteiger charge is -2.73. The van der Waals surface area contributed by atoms with Gasteiger partial charge >= 0.3 is 16.4 Å². The van der Waals surface area contributed by atoms with E-state index < -0.39 is 172 Å². The van der Waals surface area contributed by atoms with Crippen LogP contribution in [0.1, 0.15) is 92.9 Å². The maximum absolute atomic E-state index is 12.7. The van der Waals surface area contributed by atoms with E-state index in [1.54, 1.807) is 6.92 Å². The number of allylic oxidation sites excluding steroid dienone is 1. The predicted octanol–water partition coefficient (Wildman–Crippen LogP) is -1.51. The normalized spacial score (nSPS) is 56.3. The second-order valence-electron chi connectivity index (χ2n) is 24.0. The van der Waals surface area contributed by atoms with Crippen molar-refractivity contribution in [1.29, 1.82) is 0 Å². The molecule has 72 heavy (non-hydrogen) atoms. The monoisotopic (exact) mass is 1050 g/mol. The van der Waals surface area contributed by atoms with Gasteiger partial charge in [0.25, 0.3) is 0 Å². The van der Waals surface area contributed by atoms with E-state index in [1.165, 1.54) is 6.92 Å². The lowest BCUT2D eigenvalue weighted by molar-refractivity contribution is -0.397. The number of aliphatic hydroxyl groups excluding tert-OH is 10. The summed E-state index contributed by atoms with van der Waals surface area (Å²) in [6.07, 6.45) is -20.2. The Labute approximate surface area is 418 Å². The average molecular weight is 1050 g/mol. The van der Waals surface area contributed by atoms with Gasteiger partial charge in [-0.25, -0.2) is 4.18 Å². The molecule has 27 atom stereocenters. The quantitative estimate of drug-likeness (QED) is 0.0601. The van der Waals surface area contributed by atoms with Crippen molar-refractivity contribution < 1.29 is 111 Å². The van der Waals surface area contributed by atoms with Gasteiger partial charge in [-0.15, -0.1) is 0 Å². The molecule has 4 heterocycles. The number of fused-ring (bicyclic) bond motifs is 4. The maximum atomic E-state index is 12.7. The van der Waals surface area contributed by atoms with Gasteiger partial charge in [-0.1, -0.05) is 39.8 Å². The summed E-state index contributed by atoms with van der Waals surface area (Å²) in [5.74, 6) is -1.41. The molecule has 2 bridgehead atoms. The topological polar surface area (TPSA) is 368 Å². The van der Waals surface area contributed by atoms with Crippen LogP contribution in [0, 0.1) is 50.2 Å². The minimum absolute atomic E-state index is 0.104. The number of aliphatic hydroxyl groups is 10. The molecule has 0 aromatic heterocycles. The zero-order valence-corrected chi connectivity index (χ0v) is 42.3. The fraction of sp³-hybridized carbons (Fsp3) is 0.938. The Morgan fingerprint density at radius 3 is 1.96 bits per heavy atom. The van der Waals surface area contributed by atoms with Gasteiger partial charge in [0.05, 0.1) is 55.8 Å². The second-order valence-corrected chi connectivity index (χ2v) is 25.0. The van der Waals surface area contributed by atoms with Gasteiger partial charge in [-0.2, -0.15) is 8.42 Å². The standard InChI is InChI=1S/C48H76O23S/c1-21-29(53)36(69-39-34(58)32(56)35(23(18-50)67-39)71-72(61,62)63)37(70-38-33(57)31(55)30(54)22(17-49)66-38)40(65-21)68-28-9-10-43(3)24(44(28,4)19-51)7-11-45(5)25(43)8-12-48-26-15-42(2,41(59)60)13-14-47(26,20-64-48)27(52)16-46(45,48)6/h8,12,21-40,49-58H,7,9-11,13-20H2,1-6H3,(H,59,60)(H,61,62,63)/t21-,22-,23-,24-,25-,26-,27+,28+,29+,30-,31+,32-,33-,34-,35-,36+,37-,38+,39+,40+,42+,43+,44+,45-,46+,47-,48+/m1/s1. The summed E-state index contributed by atoms with van der Waals surface area (Å²) in [7, 11) is -5.25. The summed E-state index contributed by atoms with van der Waals surface area (Å²) >= 11 is 0. The Morgan fingerprint density at radius 2 is 1.33 bits per heavy atom. The van der Waals surface area contributed by atoms with Crippen molar-refractivity contribution in [2.45, 2.75) is 203 Å². The van der Waals surface area contributed by atoms with Crippen LogP contribution in [0.15, 0.2) is 12.2 Å². The van der Waals surface area contributed by atoms with Gasteiger partial charge in [0, 0.05) is 22.2 Å². The highest BCUT2D eigenvalue weighted by atomic mass is 32.3. The number of aliphatic carboxylic acids is 1. The van der Waals surface area contributed by atoms with E-state index in [0.29, 0.717) is 58.0 Å². The van der Waals surface area contributed by atoms with Gasteiger partial charge in [0.15, 0.2) is 18.9 Å². The highest BCUT2D eigenvalue weighted by Gasteiger charge is 2.79. The Kier molecular flexibility index (Phi) is 14.4. The van der Waals surface area contributed by atoms with Crippen LogP contribution in [-0.4, -0.2) is 211 Å². The van der Waals surface area contributed by atoms with E-state index in [1.807, 2.05) is 6.92 Å². The summed E-state index contributed by atoms with van der Waals surface area (Å²) in [5, 5.41) is 121. The minimum atomic E-state index is -5.25. The number of hydrogen-bond donors (Lipinski definition) is 12.